The smallest absolute Gasteiger partial charge is 0.335 e. The average Bonchev–Trinajstić information content (AvgIpc) is 2.48. The number of aromatic carboxylic acids is 1. The predicted octanol–water partition coefficient (Wildman–Crippen LogP) is 2.31. The van der Waals surface area contributed by atoms with E-state index in [4.69, 9.17) is 10.4 Å². The van der Waals surface area contributed by atoms with E-state index in [9.17, 15) is 4.79 Å². The minimum absolute atomic E-state index is 0.229. The monoisotopic (exact) mass is 267 g/mol. The molecule has 0 saturated heterocycles. The number of carboxylic acid groups (broad SMARTS) is 1. The molecule has 1 heterocycles. The lowest BCUT2D eigenvalue weighted by Gasteiger charge is -2.07. The van der Waals surface area contributed by atoms with Gasteiger partial charge in [-0.3, -0.25) is 4.98 Å². The zero-order chi connectivity index (χ0) is 14.4. The van der Waals surface area contributed by atoms with Crippen LogP contribution in [0.15, 0.2) is 42.6 Å². The number of pyridine rings is 1. The van der Waals surface area contributed by atoms with Crippen molar-refractivity contribution in [1.82, 2.24) is 4.98 Å². The number of nitrogens with one attached hydrogen (secondary N) is 1. The summed E-state index contributed by atoms with van der Waals surface area (Å²) in [7, 11) is 0. The van der Waals surface area contributed by atoms with Crippen LogP contribution in [0.25, 0.3) is 0 Å². The molecule has 0 spiro atoms. The van der Waals surface area contributed by atoms with Gasteiger partial charge in [-0.1, -0.05) is 12.1 Å². The zero-order valence-electron chi connectivity index (χ0n) is 10.7. The third kappa shape index (κ3) is 3.33. The number of hydrogen-bond donors (Lipinski definition) is 2. The number of carboxylic acids is 1. The Morgan fingerprint density at radius 1 is 1.35 bits per heavy atom. The molecule has 0 bridgehead atoms. The topological polar surface area (TPSA) is 86.0 Å². The SMILES string of the molecule is N#Cc1ccccc1NCCc1cc(C(=O)O)ccn1. The molecule has 0 radical (unpaired) electrons. The van der Waals surface area contributed by atoms with Crippen molar-refractivity contribution in [3.63, 3.8) is 0 Å². The summed E-state index contributed by atoms with van der Waals surface area (Å²) in [4.78, 5) is 15.0. The molecule has 0 aliphatic rings. The summed E-state index contributed by atoms with van der Waals surface area (Å²) < 4.78 is 0. The van der Waals surface area contributed by atoms with Crippen LogP contribution < -0.4 is 5.32 Å². The summed E-state index contributed by atoms with van der Waals surface area (Å²) in [5.41, 5.74) is 2.28. The molecule has 0 aliphatic heterocycles. The van der Waals surface area contributed by atoms with Crippen LogP contribution in [0, 0.1) is 11.3 Å². The Morgan fingerprint density at radius 3 is 2.90 bits per heavy atom. The van der Waals surface area contributed by atoms with Crippen molar-refractivity contribution in [1.29, 1.82) is 5.26 Å². The summed E-state index contributed by atoms with van der Waals surface area (Å²) in [6.07, 6.45) is 2.07. The van der Waals surface area contributed by atoms with Crippen LogP contribution in [-0.2, 0) is 6.42 Å². The van der Waals surface area contributed by atoms with Gasteiger partial charge in [-0.15, -0.1) is 0 Å². The maximum Gasteiger partial charge on any atom is 0.335 e. The summed E-state index contributed by atoms with van der Waals surface area (Å²) in [6, 6.07) is 12.4. The number of nitrogens with zero attached hydrogens (tertiary/aromatic N) is 2. The molecule has 0 amide bonds. The molecule has 5 nitrogen and oxygen atoms in total. The van der Waals surface area contributed by atoms with E-state index in [2.05, 4.69) is 16.4 Å². The second kappa shape index (κ2) is 6.34. The fourth-order valence-corrected chi connectivity index (χ4v) is 1.81. The first-order valence-corrected chi connectivity index (χ1v) is 6.12. The highest BCUT2D eigenvalue weighted by atomic mass is 16.4. The molecule has 2 aromatic rings. The highest BCUT2D eigenvalue weighted by Crippen LogP contribution is 2.13. The number of nitriles is 1. The first kappa shape index (κ1) is 13.6. The zero-order valence-corrected chi connectivity index (χ0v) is 10.7. The molecule has 5 heteroatoms. The van der Waals surface area contributed by atoms with Crippen molar-refractivity contribution >= 4 is 11.7 Å². The van der Waals surface area contributed by atoms with Gasteiger partial charge in [-0.2, -0.15) is 5.26 Å². The van der Waals surface area contributed by atoms with E-state index in [1.165, 1.54) is 12.3 Å². The van der Waals surface area contributed by atoms with Crippen molar-refractivity contribution < 1.29 is 9.90 Å². The minimum atomic E-state index is -0.962. The van der Waals surface area contributed by atoms with Gasteiger partial charge in [-0.25, -0.2) is 4.79 Å². The van der Waals surface area contributed by atoms with E-state index in [1.54, 1.807) is 12.1 Å². The van der Waals surface area contributed by atoms with Crippen molar-refractivity contribution in [3.05, 3.63) is 59.4 Å². The van der Waals surface area contributed by atoms with Crippen LogP contribution in [0.3, 0.4) is 0 Å². The molecular formula is C15H13N3O2. The van der Waals surface area contributed by atoms with E-state index in [0.717, 1.165) is 5.69 Å². The van der Waals surface area contributed by atoms with E-state index < -0.39 is 5.97 Å². The Hall–Kier alpha value is -2.87. The predicted molar refractivity (Wildman–Crippen MR) is 74.5 cm³/mol. The summed E-state index contributed by atoms with van der Waals surface area (Å²) in [5.74, 6) is -0.962. The molecule has 20 heavy (non-hydrogen) atoms. The molecule has 1 aromatic heterocycles. The number of benzene rings is 1. The van der Waals surface area contributed by atoms with E-state index in [-0.39, 0.29) is 5.56 Å². The molecule has 0 fully saturated rings. The largest absolute Gasteiger partial charge is 0.478 e. The second-order valence-corrected chi connectivity index (χ2v) is 4.18. The fourth-order valence-electron chi connectivity index (χ4n) is 1.81. The van der Waals surface area contributed by atoms with Crippen molar-refractivity contribution in [2.75, 3.05) is 11.9 Å². The lowest BCUT2D eigenvalue weighted by atomic mass is 10.1. The molecule has 0 aliphatic carbocycles. The molecule has 0 unspecified atom stereocenters. The van der Waals surface area contributed by atoms with Crippen LogP contribution >= 0.6 is 0 Å². The molecule has 2 N–H and O–H groups in total. The maximum absolute atomic E-state index is 10.9. The average molecular weight is 267 g/mol. The first-order chi connectivity index (χ1) is 9.70. The Kier molecular flexibility index (Phi) is 4.30. The molecule has 1 aromatic carbocycles. The summed E-state index contributed by atoms with van der Waals surface area (Å²) in [6.45, 7) is 0.578. The number of hydrogen-bond acceptors (Lipinski definition) is 4. The van der Waals surface area contributed by atoms with Gasteiger partial charge in [0.1, 0.15) is 6.07 Å². The van der Waals surface area contributed by atoms with Crippen molar-refractivity contribution in [2.45, 2.75) is 6.42 Å². The third-order valence-corrected chi connectivity index (χ3v) is 2.81. The van der Waals surface area contributed by atoms with E-state index >= 15 is 0 Å². The van der Waals surface area contributed by atoms with Crippen LogP contribution in [0.2, 0.25) is 0 Å². The maximum atomic E-state index is 10.9. The summed E-state index contributed by atoms with van der Waals surface area (Å²) >= 11 is 0. The van der Waals surface area contributed by atoms with Gasteiger partial charge in [0, 0.05) is 24.9 Å². The standard InChI is InChI=1S/C15H13N3O2/c16-10-12-3-1-2-4-14(12)18-8-6-13-9-11(15(19)20)5-7-17-13/h1-5,7,9,18H,6,8H2,(H,19,20). The highest BCUT2D eigenvalue weighted by Gasteiger charge is 2.04. The summed E-state index contributed by atoms with van der Waals surface area (Å²) in [5, 5.41) is 21.0. The lowest BCUT2D eigenvalue weighted by Crippen LogP contribution is -2.08. The van der Waals surface area contributed by atoms with Gasteiger partial charge in [0.2, 0.25) is 0 Å². The number of rotatable bonds is 5. The van der Waals surface area contributed by atoms with Crippen LogP contribution in [0.1, 0.15) is 21.6 Å². The Morgan fingerprint density at radius 2 is 2.15 bits per heavy atom. The van der Waals surface area contributed by atoms with Gasteiger partial charge in [0.15, 0.2) is 0 Å². The van der Waals surface area contributed by atoms with Gasteiger partial charge in [0.25, 0.3) is 0 Å². The van der Waals surface area contributed by atoms with Crippen LogP contribution in [0.5, 0.6) is 0 Å². The quantitative estimate of drug-likeness (QED) is 0.868. The third-order valence-electron chi connectivity index (χ3n) is 2.81. The minimum Gasteiger partial charge on any atom is -0.478 e. The number of aromatic nitrogens is 1. The van der Waals surface area contributed by atoms with E-state index in [0.29, 0.717) is 24.2 Å². The van der Waals surface area contributed by atoms with Crippen molar-refractivity contribution in [2.24, 2.45) is 0 Å². The first-order valence-electron chi connectivity index (χ1n) is 6.12. The fraction of sp³-hybridized carbons (Fsp3) is 0.133. The van der Waals surface area contributed by atoms with Gasteiger partial charge in [0.05, 0.1) is 16.8 Å². The van der Waals surface area contributed by atoms with Crippen LogP contribution in [0.4, 0.5) is 5.69 Å². The number of carbonyl (C=O) groups is 1. The van der Waals surface area contributed by atoms with Gasteiger partial charge < -0.3 is 10.4 Å². The molecule has 0 saturated carbocycles. The Bertz CT molecular complexity index is 662. The van der Waals surface area contributed by atoms with Crippen LogP contribution in [-0.4, -0.2) is 22.6 Å². The molecule has 0 atom stereocenters. The molecule has 2 rings (SSSR count). The van der Waals surface area contributed by atoms with Crippen molar-refractivity contribution in [3.8, 4) is 6.07 Å². The number of anilines is 1. The normalized spacial score (nSPS) is 9.75. The number of para-hydroxylation sites is 1. The van der Waals surface area contributed by atoms with E-state index in [1.807, 2.05) is 18.2 Å². The molecule has 100 valence electrons. The van der Waals surface area contributed by atoms with Gasteiger partial charge in [-0.05, 0) is 24.3 Å². The van der Waals surface area contributed by atoms with Gasteiger partial charge >= 0.3 is 5.97 Å². The highest BCUT2D eigenvalue weighted by molar-refractivity contribution is 5.87. The second-order valence-electron chi connectivity index (χ2n) is 4.18. The Labute approximate surface area is 116 Å². The molecular weight excluding hydrogens is 254 g/mol. The lowest BCUT2D eigenvalue weighted by molar-refractivity contribution is 0.0696. The Balaban J connectivity index is 1.98.